The Morgan fingerprint density at radius 3 is 3.05 bits per heavy atom. The monoisotopic (exact) mass is 299 g/mol. The highest BCUT2D eigenvalue weighted by Crippen LogP contribution is 2.37. The number of fused-ring (bicyclic) bond motifs is 1. The molecule has 0 amide bonds. The van der Waals surface area contributed by atoms with E-state index >= 15 is 0 Å². The van der Waals surface area contributed by atoms with Crippen molar-refractivity contribution in [3.63, 3.8) is 0 Å². The second kappa shape index (κ2) is 5.23. The maximum Gasteiger partial charge on any atom is 0.249 e. The molecule has 6 heteroatoms. The molecular weight excluding hydrogens is 282 g/mol. The van der Waals surface area contributed by atoms with Gasteiger partial charge in [0.05, 0.1) is 12.7 Å². The van der Waals surface area contributed by atoms with Crippen LogP contribution in [0.2, 0.25) is 0 Å². The summed E-state index contributed by atoms with van der Waals surface area (Å²) in [5.74, 6) is -0.305. The second-order valence-corrected chi connectivity index (χ2v) is 5.56. The first-order valence-corrected chi connectivity index (χ1v) is 7.38. The molecule has 0 radical (unpaired) electrons. The molecule has 0 aliphatic carbocycles. The molecule has 22 heavy (non-hydrogen) atoms. The maximum atomic E-state index is 6.16. The highest BCUT2D eigenvalue weighted by molar-refractivity contribution is 5.77. The third-order valence-corrected chi connectivity index (χ3v) is 3.89. The van der Waals surface area contributed by atoms with Crippen molar-refractivity contribution in [3.05, 3.63) is 48.7 Å². The van der Waals surface area contributed by atoms with Crippen molar-refractivity contribution < 1.29 is 13.9 Å². The molecular formula is C16H17N3O3. The molecule has 2 atom stereocenters. The number of rotatable bonds is 3. The van der Waals surface area contributed by atoms with Gasteiger partial charge >= 0.3 is 0 Å². The first kappa shape index (κ1) is 13.5. The fraction of sp³-hybridized carbons (Fsp3) is 0.375. The van der Waals surface area contributed by atoms with Crippen molar-refractivity contribution in [2.45, 2.75) is 31.8 Å². The molecule has 3 aromatic rings. The number of benzene rings is 1. The van der Waals surface area contributed by atoms with Gasteiger partial charge in [-0.2, -0.15) is 5.10 Å². The zero-order valence-electron chi connectivity index (χ0n) is 12.3. The lowest BCUT2D eigenvalue weighted by atomic mass is 10.1. The molecule has 1 aliphatic rings. The van der Waals surface area contributed by atoms with E-state index in [-0.39, 0.29) is 6.10 Å². The van der Waals surface area contributed by atoms with Gasteiger partial charge in [0.1, 0.15) is 24.8 Å². The number of nitrogens with zero attached hydrogens (tertiary/aromatic N) is 3. The van der Waals surface area contributed by atoms with Crippen molar-refractivity contribution in [2.75, 3.05) is 6.61 Å². The number of aromatic nitrogens is 3. The van der Waals surface area contributed by atoms with E-state index in [1.165, 1.54) is 6.33 Å². The van der Waals surface area contributed by atoms with Gasteiger partial charge in [-0.05, 0) is 25.5 Å². The molecule has 1 fully saturated rings. The number of ether oxygens (including phenoxy) is 2. The molecule has 1 aromatic carbocycles. The molecule has 0 bridgehead atoms. The average molecular weight is 299 g/mol. The number of furan rings is 1. The summed E-state index contributed by atoms with van der Waals surface area (Å²) in [7, 11) is 0. The van der Waals surface area contributed by atoms with Gasteiger partial charge in [0, 0.05) is 5.39 Å². The molecule has 114 valence electrons. The van der Waals surface area contributed by atoms with Crippen LogP contribution in [0.4, 0.5) is 0 Å². The van der Waals surface area contributed by atoms with Crippen LogP contribution in [0.1, 0.15) is 19.1 Å². The van der Waals surface area contributed by atoms with Gasteiger partial charge in [0.25, 0.3) is 0 Å². The molecule has 0 saturated carbocycles. The molecule has 0 spiro atoms. The lowest BCUT2D eigenvalue weighted by Crippen LogP contribution is -2.44. The SMILES string of the molecule is C[C@@H]1CCO[C@@](Cn2cncn2)(c2cc3ccccc3o2)O1. The van der Waals surface area contributed by atoms with Gasteiger partial charge in [-0.15, -0.1) is 0 Å². The lowest BCUT2D eigenvalue weighted by molar-refractivity contribution is -0.314. The number of hydrogen-bond donors (Lipinski definition) is 0. The average Bonchev–Trinajstić information content (AvgIpc) is 3.16. The molecule has 1 aliphatic heterocycles. The number of hydrogen-bond acceptors (Lipinski definition) is 5. The van der Waals surface area contributed by atoms with E-state index < -0.39 is 5.79 Å². The molecule has 3 heterocycles. The molecule has 0 N–H and O–H groups in total. The van der Waals surface area contributed by atoms with E-state index in [1.54, 1.807) is 11.0 Å². The summed E-state index contributed by atoms with van der Waals surface area (Å²) in [6.45, 7) is 3.06. The molecule has 6 nitrogen and oxygen atoms in total. The first-order chi connectivity index (χ1) is 10.8. The van der Waals surface area contributed by atoms with E-state index in [0.29, 0.717) is 18.9 Å². The van der Waals surface area contributed by atoms with Gasteiger partial charge in [0.15, 0.2) is 5.76 Å². The maximum absolute atomic E-state index is 6.16. The van der Waals surface area contributed by atoms with Crippen LogP contribution < -0.4 is 0 Å². The quantitative estimate of drug-likeness (QED) is 0.744. The summed E-state index contributed by atoms with van der Waals surface area (Å²) >= 11 is 0. The Morgan fingerprint density at radius 1 is 1.36 bits per heavy atom. The van der Waals surface area contributed by atoms with Crippen molar-refractivity contribution >= 4 is 11.0 Å². The van der Waals surface area contributed by atoms with Gasteiger partial charge in [-0.3, -0.25) is 0 Å². The molecule has 1 saturated heterocycles. The Kier molecular flexibility index (Phi) is 3.20. The molecule has 2 aromatic heterocycles. The van der Waals surface area contributed by atoms with Crippen molar-refractivity contribution in [1.29, 1.82) is 0 Å². The van der Waals surface area contributed by atoms with Crippen LogP contribution in [0.5, 0.6) is 0 Å². The predicted octanol–water partition coefficient (Wildman–Crippen LogP) is 2.70. The normalized spacial score (nSPS) is 25.6. The first-order valence-electron chi connectivity index (χ1n) is 7.38. The summed E-state index contributed by atoms with van der Waals surface area (Å²) in [4.78, 5) is 3.98. The van der Waals surface area contributed by atoms with Crippen LogP contribution in [0, 0.1) is 0 Å². The van der Waals surface area contributed by atoms with Crippen LogP contribution in [0.3, 0.4) is 0 Å². The standard InChI is InChI=1S/C16H17N3O3/c1-12-6-7-20-16(22-12,9-19-11-17-10-18-19)15-8-13-4-2-3-5-14(13)21-15/h2-5,8,10-12H,6-7,9H2,1H3/t12-,16-/m1/s1. The third-order valence-electron chi connectivity index (χ3n) is 3.89. The van der Waals surface area contributed by atoms with Gasteiger partial charge < -0.3 is 13.9 Å². The van der Waals surface area contributed by atoms with E-state index in [0.717, 1.165) is 17.4 Å². The second-order valence-electron chi connectivity index (χ2n) is 5.56. The smallest absolute Gasteiger partial charge is 0.249 e. The Labute approximate surface area is 127 Å². The van der Waals surface area contributed by atoms with E-state index in [2.05, 4.69) is 10.1 Å². The highest BCUT2D eigenvalue weighted by atomic mass is 16.7. The summed E-state index contributed by atoms with van der Waals surface area (Å²) < 4.78 is 19.9. The zero-order chi connectivity index (χ0) is 15.0. The van der Waals surface area contributed by atoms with Crippen LogP contribution >= 0.6 is 0 Å². The van der Waals surface area contributed by atoms with Gasteiger partial charge in [-0.25, -0.2) is 9.67 Å². The highest BCUT2D eigenvalue weighted by Gasteiger charge is 2.43. The fourth-order valence-corrected chi connectivity index (χ4v) is 2.79. The van der Waals surface area contributed by atoms with Crippen molar-refractivity contribution in [2.24, 2.45) is 0 Å². The van der Waals surface area contributed by atoms with Crippen LogP contribution in [0.25, 0.3) is 11.0 Å². The van der Waals surface area contributed by atoms with E-state index in [9.17, 15) is 0 Å². The topological polar surface area (TPSA) is 62.3 Å². The Balaban J connectivity index is 1.78. The van der Waals surface area contributed by atoms with Crippen molar-refractivity contribution in [3.8, 4) is 0 Å². The largest absolute Gasteiger partial charge is 0.455 e. The van der Waals surface area contributed by atoms with Gasteiger partial charge in [0.2, 0.25) is 5.79 Å². The zero-order valence-corrected chi connectivity index (χ0v) is 12.3. The third kappa shape index (κ3) is 2.30. The minimum Gasteiger partial charge on any atom is -0.455 e. The molecule has 0 unspecified atom stereocenters. The fourth-order valence-electron chi connectivity index (χ4n) is 2.79. The van der Waals surface area contributed by atoms with Crippen molar-refractivity contribution in [1.82, 2.24) is 14.8 Å². The van der Waals surface area contributed by atoms with E-state index in [4.69, 9.17) is 13.9 Å². The van der Waals surface area contributed by atoms with Crippen LogP contribution in [0.15, 0.2) is 47.4 Å². The summed E-state index contributed by atoms with van der Waals surface area (Å²) in [6, 6.07) is 9.86. The van der Waals surface area contributed by atoms with Gasteiger partial charge in [-0.1, -0.05) is 18.2 Å². The van der Waals surface area contributed by atoms with Crippen LogP contribution in [-0.4, -0.2) is 27.5 Å². The molecule has 4 rings (SSSR count). The Hall–Kier alpha value is -2.18. The summed E-state index contributed by atoms with van der Waals surface area (Å²) in [5.41, 5.74) is 0.820. The lowest BCUT2D eigenvalue weighted by Gasteiger charge is -2.38. The summed E-state index contributed by atoms with van der Waals surface area (Å²) in [6.07, 6.45) is 4.10. The Bertz CT molecular complexity index is 735. The predicted molar refractivity (Wildman–Crippen MR) is 79.0 cm³/mol. The van der Waals surface area contributed by atoms with E-state index in [1.807, 2.05) is 37.3 Å². The summed E-state index contributed by atoms with van der Waals surface area (Å²) in [5, 5.41) is 5.19. The minimum absolute atomic E-state index is 0.0884. The Morgan fingerprint density at radius 2 is 2.27 bits per heavy atom. The minimum atomic E-state index is -0.968. The number of para-hydroxylation sites is 1. The van der Waals surface area contributed by atoms with Crippen LogP contribution in [-0.2, 0) is 21.8 Å².